The molecule has 0 aromatic rings. The van der Waals surface area contributed by atoms with Gasteiger partial charge in [0.25, 0.3) is 0 Å². The maximum absolute atomic E-state index is 11.6. The van der Waals surface area contributed by atoms with E-state index in [4.69, 9.17) is 10.5 Å². The largest absolute Gasteiger partial charge is 0.450 e. The number of nitrogens with two attached hydrogens (primary N) is 1. The molecule has 4 aliphatic rings. The minimum Gasteiger partial charge on any atom is -0.450 e. The molecule has 92 valence electrons. The predicted molar refractivity (Wildman–Crippen MR) is 62.2 cm³/mol. The summed E-state index contributed by atoms with van der Waals surface area (Å²) in [5.74, 6) is -0.153. The molecule has 4 rings (SSSR count). The highest BCUT2D eigenvalue weighted by atomic mass is 16.6. The Morgan fingerprint density at radius 1 is 1.47 bits per heavy atom. The fraction of sp³-hybridized carbons (Fsp3) is 0.769. The second-order valence-corrected chi connectivity index (χ2v) is 5.87. The third-order valence-corrected chi connectivity index (χ3v) is 5.09. The van der Waals surface area contributed by atoms with Gasteiger partial charge in [0.2, 0.25) is 0 Å². The molecule has 4 atom stereocenters. The number of esters is 1. The lowest BCUT2D eigenvalue weighted by molar-refractivity contribution is -0.148. The fourth-order valence-electron chi connectivity index (χ4n) is 4.43. The maximum atomic E-state index is 11.6. The first-order chi connectivity index (χ1) is 8.21. The van der Waals surface area contributed by atoms with Crippen molar-refractivity contribution in [2.24, 2.45) is 5.73 Å². The van der Waals surface area contributed by atoms with Crippen LogP contribution in [0.15, 0.2) is 11.6 Å². The summed E-state index contributed by atoms with van der Waals surface area (Å²) >= 11 is 0. The lowest BCUT2D eigenvalue weighted by Gasteiger charge is -2.37. The summed E-state index contributed by atoms with van der Waals surface area (Å²) < 4.78 is 5.73. The van der Waals surface area contributed by atoms with E-state index in [2.05, 4.69) is 4.90 Å². The topological polar surface area (TPSA) is 55.6 Å². The highest BCUT2D eigenvalue weighted by molar-refractivity contribution is 5.87. The predicted octanol–water partition coefficient (Wildman–Crippen LogP) is 0.566. The zero-order valence-electron chi connectivity index (χ0n) is 9.89. The Morgan fingerprint density at radius 2 is 2.35 bits per heavy atom. The van der Waals surface area contributed by atoms with Crippen LogP contribution in [0.4, 0.5) is 0 Å². The van der Waals surface area contributed by atoms with Crippen molar-refractivity contribution >= 4 is 5.97 Å². The average molecular weight is 234 g/mol. The standard InChI is InChI=1S/C13H18N2O2/c14-9-5-8-6-12(16)17-13(8)7-10(9)15-4-2-1-3-11(13)15/h6,9-11H,1-5,7,14H2/t9?,10-,11+,13-/m0/s1. The molecule has 4 nitrogen and oxygen atoms in total. The van der Waals surface area contributed by atoms with Crippen LogP contribution in [0.3, 0.4) is 0 Å². The van der Waals surface area contributed by atoms with Crippen molar-refractivity contribution < 1.29 is 9.53 Å². The Labute approximate surface area is 101 Å². The Balaban J connectivity index is 1.81. The van der Waals surface area contributed by atoms with Crippen LogP contribution in [-0.2, 0) is 9.53 Å². The van der Waals surface area contributed by atoms with E-state index in [9.17, 15) is 4.79 Å². The van der Waals surface area contributed by atoms with E-state index in [1.165, 1.54) is 18.4 Å². The zero-order valence-corrected chi connectivity index (χ0v) is 9.89. The first-order valence-corrected chi connectivity index (χ1v) is 6.66. The first kappa shape index (κ1) is 10.1. The molecule has 0 aromatic carbocycles. The molecule has 2 N–H and O–H groups in total. The van der Waals surface area contributed by atoms with Gasteiger partial charge in [0, 0.05) is 24.6 Å². The van der Waals surface area contributed by atoms with Crippen molar-refractivity contribution in [3.63, 3.8) is 0 Å². The molecule has 0 aromatic heterocycles. The van der Waals surface area contributed by atoms with E-state index in [0.29, 0.717) is 12.1 Å². The number of piperidine rings is 1. The smallest absolute Gasteiger partial charge is 0.331 e. The Morgan fingerprint density at radius 3 is 3.24 bits per heavy atom. The van der Waals surface area contributed by atoms with Gasteiger partial charge in [-0.1, -0.05) is 6.42 Å². The van der Waals surface area contributed by atoms with Gasteiger partial charge < -0.3 is 10.5 Å². The fourth-order valence-corrected chi connectivity index (χ4v) is 4.43. The van der Waals surface area contributed by atoms with Crippen molar-refractivity contribution in [1.82, 2.24) is 4.90 Å². The molecule has 0 amide bonds. The molecule has 1 unspecified atom stereocenters. The lowest BCUT2D eigenvalue weighted by Crippen LogP contribution is -2.48. The van der Waals surface area contributed by atoms with Crippen molar-refractivity contribution in [3.05, 3.63) is 11.6 Å². The van der Waals surface area contributed by atoms with Crippen LogP contribution in [0, 0.1) is 0 Å². The third-order valence-electron chi connectivity index (χ3n) is 5.09. The number of hydrogen-bond acceptors (Lipinski definition) is 4. The molecule has 2 bridgehead atoms. The molecule has 1 aliphatic carbocycles. The first-order valence-electron chi connectivity index (χ1n) is 6.66. The highest BCUT2D eigenvalue weighted by Crippen LogP contribution is 2.53. The summed E-state index contributed by atoms with van der Waals surface area (Å²) in [6, 6.07) is 0.989. The minimum atomic E-state index is -0.294. The zero-order chi connectivity index (χ0) is 11.6. The molecule has 3 fully saturated rings. The molecule has 4 heteroatoms. The quantitative estimate of drug-likeness (QED) is 0.622. The normalized spacial score (nSPS) is 48.4. The van der Waals surface area contributed by atoms with Gasteiger partial charge in [-0.2, -0.15) is 0 Å². The Hall–Kier alpha value is -0.870. The third kappa shape index (κ3) is 1.13. The SMILES string of the molecule is NC1CC2=CC(=O)O[C@@]23C[C@@H]1N1CCCC[C@@H]13. The van der Waals surface area contributed by atoms with Gasteiger partial charge in [-0.3, -0.25) is 4.90 Å². The van der Waals surface area contributed by atoms with Crippen LogP contribution < -0.4 is 5.73 Å². The van der Waals surface area contributed by atoms with Crippen LogP contribution in [-0.4, -0.2) is 41.1 Å². The van der Waals surface area contributed by atoms with E-state index >= 15 is 0 Å². The van der Waals surface area contributed by atoms with Crippen molar-refractivity contribution in [2.75, 3.05) is 6.54 Å². The van der Waals surface area contributed by atoms with Crippen molar-refractivity contribution in [1.29, 1.82) is 0 Å². The Kier molecular flexibility index (Phi) is 1.85. The van der Waals surface area contributed by atoms with Gasteiger partial charge in [0.15, 0.2) is 5.60 Å². The van der Waals surface area contributed by atoms with Crippen molar-refractivity contribution in [3.8, 4) is 0 Å². The average Bonchev–Trinajstić information content (AvgIpc) is 2.79. The maximum Gasteiger partial charge on any atom is 0.331 e. The number of nitrogens with zero attached hydrogens (tertiary/aromatic N) is 1. The molecular formula is C13H18N2O2. The Bertz CT molecular complexity index is 420. The summed E-state index contributed by atoms with van der Waals surface area (Å²) in [5.41, 5.74) is 7.15. The second kappa shape index (κ2) is 3.12. The highest BCUT2D eigenvalue weighted by Gasteiger charge is 2.63. The van der Waals surface area contributed by atoms with Crippen LogP contribution >= 0.6 is 0 Å². The molecule has 17 heavy (non-hydrogen) atoms. The molecule has 1 spiro atoms. The molecule has 2 saturated heterocycles. The van der Waals surface area contributed by atoms with Gasteiger partial charge in [-0.15, -0.1) is 0 Å². The molecule has 3 aliphatic heterocycles. The number of rotatable bonds is 0. The van der Waals surface area contributed by atoms with E-state index in [0.717, 1.165) is 25.8 Å². The summed E-state index contributed by atoms with van der Waals surface area (Å²) in [5, 5.41) is 0. The van der Waals surface area contributed by atoms with E-state index in [1.54, 1.807) is 6.08 Å². The van der Waals surface area contributed by atoms with Gasteiger partial charge in [0.05, 0.1) is 6.04 Å². The number of fused-ring (bicyclic) bond motifs is 3. The number of carbonyl (C=O) groups is 1. The van der Waals surface area contributed by atoms with Crippen LogP contribution in [0.25, 0.3) is 0 Å². The van der Waals surface area contributed by atoms with Crippen LogP contribution in [0.2, 0.25) is 0 Å². The van der Waals surface area contributed by atoms with Crippen LogP contribution in [0.1, 0.15) is 32.1 Å². The monoisotopic (exact) mass is 234 g/mol. The molecule has 3 heterocycles. The second-order valence-electron chi connectivity index (χ2n) is 5.87. The van der Waals surface area contributed by atoms with Crippen LogP contribution in [0.5, 0.6) is 0 Å². The molecular weight excluding hydrogens is 216 g/mol. The number of carbonyl (C=O) groups excluding carboxylic acids is 1. The van der Waals surface area contributed by atoms with Gasteiger partial charge >= 0.3 is 5.97 Å². The van der Waals surface area contributed by atoms with E-state index in [1.807, 2.05) is 0 Å². The molecule has 1 saturated carbocycles. The van der Waals surface area contributed by atoms with E-state index < -0.39 is 0 Å². The lowest BCUT2D eigenvalue weighted by atomic mass is 9.76. The minimum absolute atomic E-state index is 0.153. The summed E-state index contributed by atoms with van der Waals surface area (Å²) in [6.45, 7) is 1.12. The number of ether oxygens (including phenoxy) is 1. The molecule has 0 radical (unpaired) electrons. The summed E-state index contributed by atoms with van der Waals surface area (Å²) in [6.07, 6.45) is 7.11. The van der Waals surface area contributed by atoms with Gasteiger partial charge in [-0.05, 0) is 31.4 Å². The van der Waals surface area contributed by atoms with Gasteiger partial charge in [0.1, 0.15) is 0 Å². The summed E-state index contributed by atoms with van der Waals surface area (Å²) in [7, 11) is 0. The summed E-state index contributed by atoms with van der Waals surface area (Å²) in [4.78, 5) is 14.1. The van der Waals surface area contributed by atoms with Crippen molar-refractivity contribution in [2.45, 2.75) is 55.8 Å². The van der Waals surface area contributed by atoms with Gasteiger partial charge in [-0.25, -0.2) is 4.79 Å². The van der Waals surface area contributed by atoms with E-state index in [-0.39, 0.29) is 17.6 Å². The number of hydrogen-bond donors (Lipinski definition) is 1.